The highest BCUT2D eigenvalue weighted by atomic mass is 16.5. The van der Waals surface area contributed by atoms with Crippen molar-refractivity contribution in [1.29, 1.82) is 0 Å². The van der Waals surface area contributed by atoms with Crippen LogP contribution in [0, 0.1) is 0 Å². The highest BCUT2D eigenvalue weighted by molar-refractivity contribution is 5.87. The molecule has 0 bridgehead atoms. The summed E-state index contributed by atoms with van der Waals surface area (Å²) in [4.78, 5) is 10.8. The molecule has 4 heteroatoms. The summed E-state index contributed by atoms with van der Waals surface area (Å²) in [6, 6.07) is 6.89. The highest BCUT2D eigenvalue weighted by Crippen LogP contribution is 2.19. The summed E-state index contributed by atoms with van der Waals surface area (Å²) in [7, 11) is 0. The Morgan fingerprint density at radius 3 is 3.07 bits per heavy atom. The summed E-state index contributed by atoms with van der Waals surface area (Å²) in [5, 5.41) is 12.1. The fourth-order valence-corrected chi connectivity index (χ4v) is 1.65. The van der Waals surface area contributed by atoms with Gasteiger partial charge in [-0.05, 0) is 17.7 Å². The van der Waals surface area contributed by atoms with Crippen molar-refractivity contribution < 1.29 is 14.6 Å². The van der Waals surface area contributed by atoms with Crippen molar-refractivity contribution in [3.8, 4) is 0 Å². The van der Waals surface area contributed by atoms with Crippen LogP contribution in [0.4, 0.5) is 0 Å². The monoisotopic (exact) mass is 207 g/mol. The van der Waals surface area contributed by atoms with Crippen LogP contribution < -0.4 is 5.32 Å². The Hall–Kier alpha value is -1.39. The van der Waals surface area contributed by atoms with Gasteiger partial charge in [-0.1, -0.05) is 12.1 Å². The number of carbonyl (C=O) groups is 1. The number of nitrogens with one attached hydrogen (secondary N) is 1. The van der Waals surface area contributed by atoms with Gasteiger partial charge in [0.15, 0.2) is 0 Å². The molecular formula is C11H13NO3. The molecule has 0 unspecified atom stereocenters. The van der Waals surface area contributed by atoms with Crippen molar-refractivity contribution in [1.82, 2.24) is 5.32 Å². The van der Waals surface area contributed by atoms with Gasteiger partial charge >= 0.3 is 5.97 Å². The van der Waals surface area contributed by atoms with E-state index in [4.69, 9.17) is 9.84 Å². The molecule has 1 aromatic carbocycles. The topological polar surface area (TPSA) is 58.6 Å². The summed E-state index contributed by atoms with van der Waals surface area (Å²) in [6.45, 7) is 2.26. The summed E-state index contributed by atoms with van der Waals surface area (Å²) < 4.78 is 5.54. The van der Waals surface area contributed by atoms with Crippen molar-refractivity contribution >= 4 is 5.97 Å². The van der Waals surface area contributed by atoms with Gasteiger partial charge in [0.05, 0.1) is 18.3 Å². The Labute approximate surface area is 87.9 Å². The van der Waals surface area contributed by atoms with Crippen LogP contribution in [0.3, 0.4) is 0 Å². The van der Waals surface area contributed by atoms with E-state index in [1.807, 2.05) is 6.07 Å². The average molecular weight is 207 g/mol. The largest absolute Gasteiger partial charge is 0.478 e. The Morgan fingerprint density at radius 2 is 2.40 bits per heavy atom. The molecular weight excluding hydrogens is 194 g/mol. The van der Waals surface area contributed by atoms with Crippen LogP contribution in [0.15, 0.2) is 24.3 Å². The molecule has 1 atom stereocenters. The van der Waals surface area contributed by atoms with E-state index in [9.17, 15) is 4.79 Å². The van der Waals surface area contributed by atoms with Crippen molar-refractivity contribution in [2.24, 2.45) is 0 Å². The average Bonchev–Trinajstić information content (AvgIpc) is 2.30. The summed E-state index contributed by atoms with van der Waals surface area (Å²) >= 11 is 0. The molecule has 2 N–H and O–H groups in total. The van der Waals surface area contributed by atoms with E-state index >= 15 is 0 Å². The second kappa shape index (κ2) is 4.42. The zero-order valence-corrected chi connectivity index (χ0v) is 8.27. The Balaban J connectivity index is 2.19. The highest BCUT2D eigenvalue weighted by Gasteiger charge is 2.16. The lowest BCUT2D eigenvalue weighted by molar-refractivity contribution is 0.0276. The molecule has 0 amide bonds. The van der Waals surface area contributed by atoms with Gasteiger partial charge in [0.25, 0.3) is 0 Å². The first-order valence-electron chi connectivity index (χ1n) is 4.93. The van der Waals surface area contributed by atoms with Gasteiger partial charge in [0.2, 0.25) is 0 Å². The molecule has 0 aliphatic carbocycles. The zero-order valence-electron chi connectivity index (χ0n) is 8.27. The van der Waals surface area contributed by atoms with Crippen LogP contribution in [0.1, 0.15) is 22.0 Å². The number of ether oxygens (including phenoxy) is 1. The van der Waals surface area contributed by atoms with Gasteiger partial charge in [0, 0.05) is 13.1 Å². The van der Waals surface area contributed by atoms with Gasteiger partial charge in [-0.2, -0.15) is 0 Å². The first-order valence-corrected chi connectivity index (χ1v) is 4.93. The minimum absolute atomic E-state index is 0.0296. The quantitative estimate of drug-likeness (QED) is 0.761. The van der Waals surface area contributed by atoms with Crippen molar-refractivity contribution in [2.45, 2.75) is 6.10 Å². The molecule has 4 nitrogen and oxygen atoms in total. The normalized spacial score (nSPS) is 21.2. The Bertz CT molecular complexity index is 359. The van der Waals surface area contributed by atoms with Crippen LogP contribution in [-0.4, -0.2) is 30.8 Å². The first kappa shape index (κ1) is 10.1. The molecule has 1 heterocycles. The minimum atomic E-state index is -0.902. The molecule has 1 aliphatic heterocycles. The number of rotatable bonds is 2. The molecule has 0 spiro atoms. The second-order valence-electron chi connectivity index (χ2n) is 3.49. The first-order chi connectivity index (χ1) is 7.27. The summed E-state index contributed by atoms with van der Waals surface area (Å²) in [5.41, 5.74) is 1.23. The standard InChI is InChI=1S/C11H13NO3/c13-11(14)9-3-1-2-8(6-9)10-7-12-4-5-15-10/h1-3,6,10,12H,4-5,7H2,(H,13,14)/t10-/m1/s1. The van der Waals surface area contributed by atoms with Gasteiger partial charge in [-0.15, -0.1) is 0 Å². The van der Waals surface area contributed by atoms with E-state index in [1.165, 1.54) is 0 Å². The van der Waals surface area contributed by atoms with E-state index in [1.54, 1.807) is 18.2 Å². The lowest BCUT2D eigenvalue weighted by Crippen LogP contribution is -2.33. The number of aromatic carboxylic acids is 1. The molecule has 0 radical (unpaired) electrons. The molecule has 1 aliphatic rings. The van der Waals surface area contributed by atoms with Crippen LogP contribution in [0.2, 0.25) is 0 Å². The predicted molar refractivity (Wildman–Crippen MR) is 55.0 cm³/mol. The van der Waals surface area contributed by atoms with Gasteiger partial charge in [0.1, 0.15) is 0 Å². The molecule has 1 saturated heterocycles. The van der Waals surface area contributed by atoms with Crippen molar-refractivity contribution in [3.05, 3.63) is 35.4 Å². The molecule has 1 aromatic rings. The third-order valence-electron chi connectivity index (χ3n) is 2.43. The number of morpholine rings is 1. The third kappa shape index (κ3) is 2.34. The number of benzene rings is 1. The Kier molecular flexibility index (Phi) is 2.99. The summed E-state index contributed by atoms with van der Waals surface area (Å²) in [6.07, 6.45) is -0.0296. The molecule has 15 heavy (non-hydrogen) atoms. The zero-order chi connectivity index (χ0) is 10.7. The van der Waals surface area contributed by atoms with E-state index in [0.29, 0.717) is 12.2 Å². The van der Waals surface area contributed by atoms with Crippen LogP contribution in [0.25, 0.3) is 0 Å². The van der Waals surface area contributed by atoms with Gasteiger partial charge in [-0.25, -0.2) is 4.79 Å². The van der Waals surface area contributed by atoms with Gasteiger partial charge in [-0.3, -0.25) is 0 Å². The molecule has 0 saturated carbocycles. The molecule has 2 rings (SSSR count). The number of hydrogen-bond donors (Lipinski definition) is 2. The van der Waals surface area contributed by atoms with Crippen LogP contribution in [0.5, 0.6) is 0 Å². The van der Waals surface area contributed by atoms with E-state index < -0.39 is 5.97 Å². The second-order valence-corrected chi connectivity index (χ2v) is 3.49. The van der Waals surface area contributed by atoms with Crippen molar-refractivity contribution in [3.63, 3.8) is 0 Å². The summed E-state index contributed by atoms with van der Waals surface area (Å²) in [5.74, 6) is -0.902. The maximum absolute atomic E-state index is 10.8. The maximum Gasteiger partial charge on any atom is 0.335 e. The maximum atomic E-state index is 10.8. The lowest BCUT2D eigenvalue weighted by atomic mass is 10.1. The molecule has 1 fully saturated rings. The van der Waals surface area contributed by atoms with Crippen molar-refractivity contribution in [2.75, 3.05) is 19.7 Å². The third-order valence-corrected chi connectivity index (χ3v) is 2.43. The van der Waals surface area contributed by atoms with E-state index in [-0.39, 0.29) is 6.10 Å². The Morgan fingerprint density at radius 1 is 1.53 bits per heavy atom. The predicted octanol–water partition coefficient (Wildman–Crippen LogP) is 1.05. The fraction of sp³-hybridized carbons (Fsp3) is 0.364. The lowest BCUT2D eigenvalue weighted by Gasteiger charge is -2.24. The number of carboxylic acid groups (broad SMARTS) is 1. The molecule has 0 aromatic heterocycles. The van der Waals surface area contributed by atoms with Crippen LogP contribution in [-0.2, 0) is 4.74 Å². The number of hydrogen-bond acceptors (Lipinski definition) is 3. The SMILES string of the molecule is O=C(O)c1cccc([C@H]2CNCCO2)c1. The van der Waals surface area contributed by atoms with Crippen LogP contribution >= 0.6 is 0 Å². The molecule has 80 valence electrons. The minimum Gasteiger partial charge on any atom is -0.478 e. The van der Waals surface area contributed by atoms with E-state index in [0.717, 1.165) is 18.7 Å². The number of carboxylic acids is 1. The fourth-order valence-electron chi connectivity index (χ4n) is 1.65. The smallest absolute Gasteiger partial charge is 0.335 e. The van der Waals surface area contributed by atoms with E-state index in [2.05, 4.69) is 5.32 Å². The van der Waals surface area contributed by atoms with Gasteiger partial charge < -0.3 is 15.2 Å².